The number of hydrogen-bond acceptors (Lipinski definition) is 4. The molecule has 2 aromatic rings. The zero-order valence-corrected chi connectivity index (χ0v) is 14.4. The van der Waals surface area contributed by atoms with Crippen molar-refractivity contribution in [3.63, 3.8) is 0 Å². The van der Waals surface area contributed by atoms with Crippen LogP contribution in [-0.2, 0) is 6.42 Å². The van der Waals surface area contributed by atoms with Crippen molar-refractivity contribution in [1.82, 2.24) is 9.88 Å². The van der Waals surface area contributed by atoms with Gasteiger partial charge in [0.15, 0.2) is 0 Å². The molecule has 0 unspecified atom stereocenters. The second kappa shape index (κ2) is 9.43. The summed E-state index contributed by atoms with van der Waals surface area (Å²) in [5.74, 6) is -0.0255. The average Bonchev–Trinajstić information content (AvgIpc) is 3.04. The van der Waals surface area contributed by atoms with Gasteiger partial charge in [0.1, 0.15) is 5.69 Å². The molecule has 0 saturated heterocycles. The van der Waals surface area contributed by atoms with Gasteiger partial charge in [-0.3, -0.25) is 4.79 Å². The van der Waals surface area contributed by atoms with Crippen LogP contribution in [0.15, 0.2) is 35.7 Å². The Hall–Kier alpha value is -1.72. The van der Waals surface area contributed by atoms with Gasteiger partial charge in [0.05, 0.1) is 5.01 Å². The summed E-state index contributed by atoms with van der Waals surface area (Å²) in [6, 6.07) is 10.1. The number of amides is 1. The molecule has 1 heterocycles. The van der Waals surface area contributed by atoms with E-state index >= 15 is 0 Å². The highest BCUT2D eigenvalue weighted by Gasteiger charge is 2.18. The maximum absolute atomic E-state index is 12.6. The van der Waals surface area contributed by atoms with Crippen LogP contribution in [0.4, 0.5) is 0 Å². The molecule has 0 aliphatic heterocycles. The molecule has 0 bridgehead atoms. The number of nitrogens with zero attached hydrogens (tertiary/aromatic N) is 2. The number of rotatable bonds is 9. The van der Waals surface area contributed by atoms with Crippen LogP contribution in [0.1, 0.15) is 47.2 Å². The number of thiazole rings is 1. The van der Waals surface area contributed by atoms with Crippen LogP contribution < -0.4 is 0 Å². The standard InChI is InChI=1S/C18H24N2O2S/c1-2-3-10-20(11-7-12-21)18(22)16-14-23-17(19-16)13-15-8-5-4-6-9-15/h4-6,8-9,14,21H,2-3,7,10-13H2,1H3. The fourth-order valence-electron chi connectivity index (χ4n) is 2.35. The number of hydrogen-bond donors (Lipinski definition) is 1. The smallest absolute Gasteiger partial charge is 0.273 e. The zero-order valence-electron chi connectivity index (χ0n) is 13.6. The second-order valence-electron chi connectivity index (χ2n) is 5.51. The molecule has 4 nitrogen and oxygen atoms in total. The molecule has 0 fully saturated rings. The van der Waals surface area contributed by atoms with E-state index in [0.717, 1.165) is 30.8 Å². The van der Waals surface area contributed by atoms with E-state index in [1.165, 1.54) is 16.9 Å². The molecular weight excluding hydrogens is 308 g/mol. The summed E-state index contributed by atoms with van der Waals surface area (Å²) >= 11 is 1.53. The molecule has 0 atom stereocenters. The predicted octanol–water partition coefficient (Wildman–Crippen LogP) is 3.36. The first kappa shape index (κ1) is 17.6. The van der Waals surface area contributed by atoms with Crippen LogP contribution in [0.5, 0.6) is 0 Å². The number of unbranched alkanes of at least 4 members (excludes halogenated alkanes) is 1. The Labute approximate surface area is 141 Å². The summed E-state index contributed by atoms with van der Waals surface area (Å²) in [6.07, 6.45) is 3.37. The lowest BCUT2D eigenvalue weighted by Crippen LogP contribution is -2.33. The van der Waals surface area contributed by atoms with Gasteiger partial charge in [-0.05, 0) is 18.4 Å². The number of aliphatic hydroxyl groups excluding tert-OH is 1. The van der Waals surface area contributed by atoms with Gasteiger partial charge in [-0.2, -0.15) is 0 Å². The van der Waals surface area contributed by atoms with Crippen molar-refractivity contribution in [3.8, 4) is 0 Å². The van der Waals surface area contributed by atoms with E-state index in [0.29, 0.717) is 18.7 Å². The molecule has 0 saturated carbocycles. The van der Waals surface area contributed by atoms with Gasteiger partial charge < -0.3 is 10.0 Å². The summed E-state index contributed by atoms with van der Waals surface area (Å²) in [7, 11) is 0. The first-order valence-corrected chi connectivity index (χ1v) is 9.01. The SMILES string of the molecule is CCCCN(CCCO)C(=O)c1csc(Cc2ccccc2)n1. The molecule has 1 aromatic carbocycles. The second-order valence-corrected chi connectivity index (χ2v) is 6.45. The largest absolute Gasteiger partial charge is 0.396 e. The Morgan fingerprint density at radius 2 is 1.96 bits per heavy atom. The topological polar surface area (TPSA) is 53.4 Å². The van der Waals surface area contributed by atoms with E-state index in [2.05, 4.69) is 24.0 Å². The fourth-order valence-corrected chi connectivity index (χ4v) is 3.15. The van der Waals surface area contributed by atoms with Crippen molar-refractivity contribution in [2.45, 2.75) is 32.6 Å². The fraction of sp³-hybridized carbons (Fsp3) is 0.444. The van der Waals surface area contributed by atoms with E-state index in [1.54, 1.807) is 4.90 Å². The maximum atomic E-state index is 12.6. The van der Waals surface area contributed by atoms with Crippen molar-refractivity contribution >= 4 is 17.2 Å². The van der Waals surface area contributed by atoms with Crippen molar-refractivity contribution < 1.29 is 9.90 Å². The molecule has 1 amide bonds. The van der Waals surface area contributed by atoms with Gasteiger partial charge in [-0.1, -0.05) is 43.7 Å². The van der Waals surface area contributed by atoms with Crippen LogP contribution in [-0.4, -0.2) is 40.6 Å². The van der Waals surface area contributed by atoms with Crippen LogP contribution >= 0.6 is 11.3 Å². The lowest BCUT2D eigenvalue weighted by Gasteiger charge is -2.21. The molecule has 0 aliphatic rings. The van der Waals surface area contributed by atoms with Gasteiger partial charge in [-0.15, -0.1) is 11.3 Å². The minimum Gasteiger partial charge on any atom is -0.396 e. The minimum absolute atomic E-state index is 0.0255. The number of carbonyl (C=O) groups excluding carboxylic acids is 1. The van der Waals surface area contributed by atoms with E-state index in [-0.39, 0.29) is 12.5 Å². The number of aliphatic hydroxyl groups is 1. The Morgan fingerprint density at radius 1 is 1.22 bits per heavy atom. The highest BCUT2D eigenvalue weighted by Crippen LogP contribution is 2.16. The Morgan fingerprint density at radius 3 is 2.65 bits per heavy atom. The molecule has 0 aliphatic carbocycles. The average molecular weight is 332 g/mol. The van der Waals surface area contributed by atoms with E-state index in [9.17, 15) is 4.79 Å². The molecule has 1 aromatic heterocycles. The summed E-state index contributed by atoms with van der Waals surface area (Å²) in [5, 5.41) is 11.8. The number of carbonyl (C=O) groups is 1. The molecule has 5 heteroatoms. The summed E-state index contributed by atoms with van der Waals surface area (Å²) in [6.45, 7) is 3.52. The molecule has 1 N–H and O–H groups in total. The third-order valence-electron chi connectivity index (χ3n) is 3.62. The van der Waals surface area contributed by atoms with E-state index in [4.69, 9.17) is 5.11 Å². The number of benzene rings is 1. The molecule has 0 radical (unpaired) electrons. The van der Waals surface area contributed by atoms with Crippen LogP contribution in [0, 0.1) is 0 Å². The summed E-state index contributed by atoms with van der Waals surface area (Å²) in [4.78, 5) is 18.9. The lowest BCUT2D eigenvalue weighted by molar-refractivity contribution is 0.0737. The van der Waals surface area contributed by atoms with Gasteiger partial charge >= 0.3 is 0 Å². The van der Waals surface area contributed by atoms with Gasteiger partial charge in [-0.25, -0.2) is 4.98 Å². The van der Waals surface area contributed by atoms with Crippen LogP contribution in [0.3, 0.4) is 0 Å². The van der Waals surface area contributed by atoms with Gasteiger partial charge in [0, 0.05) is 31.5 Å². The van der Waals surface area contributed by atoms with Crippen molar-refractivity contribution in [2.75, 3.05) is 19.7 Å². The number of aromatic nitrogens is 1. The highest BCUT2D eigenvalue weighted by molar-refractivity contribution is 7.09. The third kappa shape index (κ3) is 5.44. The summed E-state index contributed by atoms with van der Waals surface area (Å²) < 4.78 is 0. The Bertz CT molecular complexity index is 590. The first-order valence-electron chi connectivity index (χ1n) is 8.13. The quantitative estimate of drug-likeness (QED) is 0.766. The van der Waals surface area contributed by atoms with Crippen molar-refractivity contribution in [3.05, 3.63) is 52.0 Å². The first-order chi connectivity index (χ1) is 11.2. The van der Waals surface area contributed by atoms with Crippen LogP contribution in [0.25, 0.3) is 0 Å². The third-order valence-corrected chi connectivity index (χ3v) is 4.47. The molecule has 2 rings (SSSR count). The molecule has 124 valence electrons. The molecule has 23 heavy (non-hydrogen) atoms. The van der Waals surface area contributed by atoms with Crippen LogP contribution in [0.2, 0.25) is 0 Å². The normalized spacial score (nSPS) is 10.7. The Balaban J connectivity index is 2.02. The molecular formula is C18H24N2O2S. The zero-order chi connectivity index (χ0) is 16.5. The molecule has 0 spiro atoms. The minimum atomic E-state index is -0.0255. The van der Waals surface area contributed by atoms with Crippen molar-refractivity contribution in [2.24, 2.45) is 0 Å². The van der Waals surface area contributed by atoms with E-state index < -0.39 is 0 Å². The summed E-state index contributed by atoms with van der Waals surface area (Å²) in [5.41, 5.74) is 1.72. The van der Waals surface area contributed by atoms with Gasteiger partial charge in [0.2, 0.25) is 0 Å². The maximum Gasteiger partial charge on any atom is 0.273 e. The van der Waals surface area contributed by atoms with Gasteiger partial charge in [0.25, 0.3) is 5.91 Å². The van der Waals surface area contributed by atoms with E-state index in [1.807, 2.05) is 23.6 Å². The highest BCUT2D eigenvalue weighted by atomic mass is 32.1. The lowest BCUT2D eigenvalue weighted by atomic mass is 10.2. The predicted molar refractivity (Wildman–Crippen MR) is 93.9 cm³/mol. The van der Waals surface area contributed by atoms with Crippen molar-refractivity contribution in [1.29, 1.82) is 0 Å². The monoisotopic (exact) mass is 332 g/mol. The Kier molecular flexibility index (Phi) is 7.23.